The number of nitrogens with two attached hydrogens (primary N) is 1. The number of rotatable bonds is 3. The van der Waals surface area contributed by atoms with E-state index >= 15 is 0 Å². The molecule has 0 saturated carbocycles. The van der Waals surface area contributed by atoms with Gasteiger partial charge in [-0.3, -0.25) is 0 Å². The molecule has 90 valence electrons. The van der Waals surface area contributed by atoms with Crippen LogP contribution in [-0.4, -0.2) is 12.1 Å². The molecule has 0 aliphatic rings. The lowest BCUT2D eigenvalue weighted by atomic mass is 10.1. The number of aromatic nitrogens is 1. The molecule has 0 unspecified atom stereocenters. The van der Waals surface area contributed by atoms with Crippen molar-refractivity contribution < 1.29 is 4.74 Å². The summed E-state index contributed by atoms with van der Waals surface area (Å²) < 4.78 is 5.31. The van der Waals surface area contributed by atoms with Gasteiger partial charge < -0.3 is 10.5 Å². The Morgan fingerprint density at radius 3 is 2.71 bits per heavy atom. The van der Waals surface area contributed by atoms with Gasteiger partial charge in [-0.15, -0.1) is 11.3 Å². The summed E-state index contributed by atoms with van der Waals surface area (Å²) in [6.45, 7) is 4.08. The summed E-state index contributed by atoms with van der Waals surface area (Å²) in [4.78, 5) is 4.46. The van der Waals surface area contributed by atoms with Crippen LogP contribution in [0, 0.1) is 6.92 Å². The molecule has 1 heterocycles. The van der Waals surface area contributed by atoms with E-state index in [9.17, 15) is 0 Å². The van der Waals surface area contributed by atoms with Crippen molar-refractivity contribution in [1.29, 1.82) is 0 Å². The molecule has 0 spiro atoms. The fourth-order valence-corrected chi connectivity index (χ4v) is 2.57. The van der Waals surface area contributed by atoms with E-state index in [0.29, 0.717) is 0 Å². The summed E-state index contributed by atoms with van der Waals surface area (Å²) in [6.07, 6.45) is 0.931. The number of anilines is 1. The summed E-state index contributed by atoms with van der Waals surface area (Å²) in [5.74, 6) is 0.918. The molecule has 2 rings (SSSR count). The number of aryl methyl sites for hydroxylation is 2. The lowest BCUT2D eigenvalue weighted by Crippen LogP contribution is -1.92. The smallest absolute Gasteiger partial charge is 0.122 e. The zero-order valence-electron chi connectivity index (χ0n) is 10.3. The average molecular weight is 248 g/mol. The van der Waals surface area contributed by atoms with Crippen LogP contribution in [0.1, 0.15) is 17.5 Å². The Morgan fingerprint density at radius 2 is 2.18 bits per heavy atom. The fraction of sp³-hybridized carbons (Fsp3) is 0.308. The van der Waals surface area contributed by atoms with Crippen LogP contribution in [0.25, 0.3) is 11.3 Å². The third kappa shape index (κ3) is 2.26. The first-order chi connectivity index (χ1) is 8.15. The van der Waals surface area contributed by atoms with Crippen LogP contribution in [0.3, 0.4) is 0 Å². The molecule has 2 N–H and O–H groups in total. The van der Waals surface area contributed by atoms with E-state index < -0.39 is 0 Å². The minimum Gasteiger partial charge on any atom is -0.496 e. The second-order valence-corrected chi connectivity index (χ2v) is 5.06. The Hall–Kier alpha value is -1.55. The van der Waals surface area contributed by atoms with Gasteiger partial charge in [0.2, 0.25) is 0 Å². The normalized spacial score (nSPS) is 10.5. The van der Waals surface area contributed by atoms with Gasteiger partial charge in [-0.1, -0.05) is 6.92 Å². The van der Waals surface area contributed by atoms with Gasteiger partial charge in [0.15, 0.2) is 0 Å². The molecule has 4 heteroatoms. The Morgan fingerprint density at radius 1 is 1.41 bits per heavy atom. The predicted octanol–water partition coefficient (Wildman–Crippen LogP) is 3.27. The summed E-state index contributed by atoms with van der Waals surface area (Å²) in [6, 6.07) is 6.08. The highest BCUT2D eigenvalue weighted by Gasteiger charge is 2.10. The third-order valence-corrected chi connectivity index (χ3v) is 3.50. The number of benzene rings is 1. The summed E-state index contributed by atoms with van der Waals surface area (Å²) >= 11 is 1.52. The van der Waals surface area contributed by atoms with Crippen LogP contribution in [-0.2, 0) is 6.42 Å². The van der Waals surface area contributed by atoms with E-state index in [1.54, 1.807) is 7.11 Å². The number of nitrogen functional groups attached to an aromatic ring is 1. The van der Waals surface area contributed by atoms with Gasteiger partial charge in [-0.05, 0) is 37.1 Å². The highest BCUT2D eigenvalue weighted by atomic mass is 32.1. The highest BCUT2D eigenvalue weighted by Crippen LogP contribution is 2.33. The van der Waals surface area contributed by atoms with Crippen LogP contribution < -0.4 is 10.5 Å². The zero-order valence-corrected chi connectivity index (χ0v) is 11.1. The number of hydrogen-bond donors (Lipinski definition) is 1. The first kappa shape index (κ1) is 11.9. The molecule has 0 atom stereocenters. The molecule has 0 amide bonds. The summed E-state index contributed by atoms with van der Waals surface area (Å²) in [5.41, 5.74) is 9.08. The van der Waals surface area contributed by atoms with Crippen molar-refractivity contribution in [2.45, 2.75) is 20.3 Å². The van der Waals surface area contributed by atoms with Crippen molar-refractivity contribution in [2.75, 3.05) is 12.8 Å². The van der Waals surface area contributed by atoms with Crippen molar-refractivity contribution in [3.05, 3.63) is 28.8 Å². The zero-order chi connectivity index (χ0) is 12.4. The lowest BCUT2D eigenvalue weighted by Gasteiger charge is -2.08. The molecule has 0 bridgehead atoms. The number of hydrogen-bond acceptors (Lipinski definition) is 4. The Labute approximate surface area is 105 Å². The third-order valence-electron chi connectivity index (χ3n) is 2.70. The molecule has 17 heavy (non-hydrogen) atoms. The SMILES string of the molecule is CCc1cc(-c2nc(C)sc2N)ccc1OC. The Kier molecular flexibility index (Phi) is 3.33. The number of thiazole rings is 1. The van der Waals surface area contributed by atoms with E-state index in [1.807, 2.05) is 19.1 Å². The molecule has 1 aromatic heterocycles. The molecule has 0 aliphatic carbocycles. The van der Waals surface area contributed by atoms with Crippen molar-refractivity contribution in [3.8, 4) is 17.0 Å². The van der Waals surface area contributed by atoms with E-state index in [-0.39, 0.29) is 0 Å². The van der Waals surface area contributed by atoms with Crippen molar-refractivity contribution in [1.82, 2.24) is 4.98 Å². The summed E-state index contributed by atoms with van der Waals surface area (Å²) in [5, 5.41) is 1.76. The molecule has 0 saturated heterocycles. The molecule has 0 fully saturated rings. The van der Waals surface area contributed by atoms with E-state index in [2.05, 4.69) is 18.0 Å². The second-order valence-electron chi connectivity index (χ2n) is 3.83. The quantitative estimate of drug-likeness (QED) is 0.906. The van der Waals surface area contributed by atoms with E-state index in [1.165, 1.54) is 16.9 Å². The molecule has 0 aliphatic heterocycles. The molecular weight excluding hydrogens is 232 g/mol. The van der Waals surface area contributed by atoms with Crippen molar-refractivity contribution in [2.24, 2.45) is 0 Å². The van der Waals surface area contributed by atoms with Crippen LogP contribution in [0.15, 0.2) is 18.2 Å². The predicted molar refractivity (Wildman–Crippen MR) is 72.6 cm³/mol. The van der Waals surface area contributed by atoms with E-state index in [0.717, 1.165) is 33.4 Å². The molecular formula is C13H16N2OS. The lowest BCUT2D eigenvalue weighted by molar-refractivity contribution is 0.410. The second kappa shape index (κ2) is 4.75. The maximum Gasteiger partial charge on any atom is 0.122 e. The summed E-state index contributed by atoms with van der Waals surface area (Å²) in [7, 11) is 1.69. The monoisotopic (exact) mass is 248 g/mol. The van der Waals surface area contributed by atoms with Crippen LogP contribution >= 0.6 is 11.3 Å². The molecule has 1 aromatic carbocycles. The number of ether oxygens (including phenoxy) is 1. The van der Waals surface area contributed by atoms with Crippen LogP contribution in [0.2, 0.25) is 0 Å². The van der Waals surface area contributed by atoms with E-state index in [4.69, 9.17) is 10.5 Å². The fourth-order valence-electron chi connectivity index (χ4n) is 1.85. The molecule has 2 aromatic rings. The van der Waals surface area contributed by atoms with Gasteiger partial charge in [0.25, 0.3) is 0 Å². The Bertz CT molecular complexity index is 534. The standard InChI is InChI=1S/C13H16N2OS/c1-4-9-7-10(5-6-11(9)16-3)12-13(14)17-8(2)15-12/h5-7H,4,14H2,1-3H3. The minimum atomic E-state index is 0.773. The number of nitrogens with zero attached hydrogens (tertiary/aromatic N) is 1. The topological polar surface area (TPSA) is 48.1 Å². The van der Waals surface area contributed by atoms with Crippen LogP contribution in [0.4, 0.5) is 5.00 Å². The maximum atomic E-state index is 5.96. The number of methoxy groups -OCH3 is 1. The molecule has 3 nitrogen and oxygen atoms in total. The van der Waals surface area contributed by atoms with Crippen molar-refractivity contribution >= 4 is 16.3 Å². The van der Waals surface area contributed by atoms with Gasteiger partial charge in [0.05, 0.1) is 12.1 Å². The van der Waals surface area contributed by atoms with Gasteiger partial charge >= 0.3 is 0 Å². The van der Waals surface area contributed by atoms with Gasteiger partial charge in [-0.25, -0.2) is 4.98 Å². The first-order valence-electron chi connectivity index (χ1n) is 5.56. The van der Waals surface area contributed by atoms with Gasteiger partial charge in [0.1, 0.15) is 16.4 Å². The average Bonchev–Trinajstić information content (AvgIpc) is 2.67. The van der Waals surface area contributed by atoms with Gasteiger partial charge in [0, 0.05) is 5.56 Å². The maximum absolute atomic E-state index is 5.96. The molecule has 0 radical (unpaired) electrons. The van der Waals surface area contributed by atoms with Crippen LogP contribution in [0.5, 0.6) is 5.75 Å². The largest absolute Gasteiger partial charge is 0.496 e. The first-order valence-corrected chi connectivity index (χ1v) is 6.37. The van der Waals surface area contributed by atoms with Crippen molar-refractivity contribution in [3.63, 3.8) is 0 Å². The minimum absolute atomic E-state index is 0.773. The Balaban J connectivity index is 2.50. The van der Waals surface area contributed by atoms with Gasteiger partial charge in [-0.2, -0.15) is 0 Å². The highest BCUT2D eigenvalue weighted by molar-refractivity contribution is 7.16.